The van der Waals surface area contributed by atoms with Gasteiger partial charge in [0.1, 0.15) is 11.6 Å². The molecule has 1 heterocycles. The maximum atomic E-state index is 14.3. The van der Waals surface area contributed by atoms with Gasteiger partial charge in [-0.2, -0.15) is 0 Å². The number of hydrogen-bond acceptors (Lipinski definition) is 5. The van der Waals surface area contributed by atoms with E-state index in [0.29, 0.717) is 28.3 Å². The molecule has 0 bridgehead atoms. The Kier molecular flexibility index (Phi) is 7.93. The number of nitrogens with zero attached hydrogens (tertiary/aromatic N) is 1. The van der Waals surface area contributed by atoms with Crippen molar-refractivity contribution in [2.75, 3.05) is 25.6 Å². The molecule has 30 heavy (non-hydrogen) atoms. The third-order valence-electron chi connectivity index (χ3n) is 5.00. The van der Waals surface area contributed by atoms with Gasteiger partial charge in [0.25, 0.3) is 5.91 Å². The van der Waals surface area contributed by atoms with Crippen molar-refractivity contribution in [1.82, 2.24) is 15.5 Å². The van der Waals surface area contributed by atoms with Crippen LogP contribution in [0, 0.1) is 12.7 Å². The SMILES string of the molecule is CNC(=O)c1ccc(O[Si](CN2CS[C@H](C)N[C@@H](C)C2)c2ccc(C)c(F)c2)cc1. The molecule has 0 aliphatic carbocycles. The third kappa shape index (κ3) is 6.07. The predicted octanol–water partition coefficient (Wildman–Crippen LogP) is 2.64. The first-order chi connectivity index (χ1) is 14.4. The zero-order chi connectivity index (χ0) is 21.7. The standard InChI is InChI=1S/C22H29FN3O2SSi/c1-15-5-10-20(11-21(15)23)30(14-26-12-16(2)25-17(3)29-13-26)28-19-8-6-18(7-9-19)22(27)24-4/h5-11,16-17,25H,12-14H2,1-4H3,(H,24,27)/t16-,17+/m0/s1. The van der Waals surface area contributed by atoms with Gasteiger partial charge in [-0.15, -0.1) is 11.8 Å². The molecule has 0 unspecified atom stereocenters. The molecule has 8 heteroatoms. The van der Waals surface area contributed by atoms with Crippen LogP contribution >= 0.6 is 11.8 Å². The highest BCUT2D eigenvalue weighted by Gasteiger charge is 2.27. The number of nitrogens with one attached hydrogen (secondary N) is 2. The first-order valence-corrected chi connectivity index (χ1v) is 12.7. The summed E-state index contributed by atoms with van der Waals surface area (Å²) in [5.74, 6) is 1.26. The highest BCUT2D eigenvalue weighted by atomic mass is 32.2. The summed E-state index contributed by atoms with van der Waals surface area (Å²) in [4.78, 5) is 14.2. The van der Waals surface area contributed by atoms with Crippen molar-refractivity contribution >= 4 is 31.9 Å². The van der Waals surface area contributed by atoms with Crippen molar-refractivity contribution in [3.63, 3.8) is 0 Å². The van der Waals surface area contributed by atoms with E-state index in [4.69, 9.17) is 4.43 Å². The van der Waals surface area contributed by atoms with E-state index in [-0.39, 0.29) is 11.7 Å². The summed E-state index contributed by atoms with van der Waals surface area (Å²) in [5.41, 5.74) is 1.21. The van der Waals surface area contributed by atoms with Gasteiger partial charge < -0.3 is 15.1 Å². The molecule has 2 N–H and O–H groups in total. The lowest BCUT2D eigenvalue weighted by Crippen LogP contribution is -2.49. The quantitative estimate of drug-likeness (QED) is 0.668. The summed E-state index contributed by atoms with van der Waals surface area (Å²) in [7, 11) is 0.0446. The van der Waals surface area contributed by atoms with Crippen LogP contribution in [0.4, 0.5) is 4.39 Å². The molecule has 2 aromatic carbocycles. The highest BCUT2D eigenvalue weighted by Crippen LogP contribution is 2.18. The fourth-order valence-corrected chi connectivity index (χ4v) is 6.49. The molecule has 0 saturated carbocycles. The van der Waals surface area contributed by atoms with Crippen LogP contribution in [0.25, 0.3) is 0 Å². The molecule has 2 aromatic rings. The van der Waals surface area contributed by atoms with Gasteiger partial charge in [-0.05, 0) is 61.9 Å². The first kappa shape index (κ1) is 22.8. The Hall–Kier alpha value is -1.87. The molecule has 1 fully saturated rings. The van der Waals surface area contributed by atoms with Crippen molar-refractivity contribution in [3.8, 4) is 5.75 Å². The highest BCUT2D eigenvalue weighted by molar-refractivity contribution is 7.99. The summed E-state index contributed by atoms with van der Waals surface area (Å²) in [6.45, 7) is 7.05. The zero-order valence-corrected chi connectivity index (χ0v) is 19.7. The van der Waals surface area contributed by atoms with E-state index in [0.717, 1.165) is 23.8 Å². The maximum absolute atomic E-state index is 14.3. The molecule has 0 spiro atoms. The smallest absolute Gasteiger partial charge is 0.331 e. The van der Waals surface area contributed by atoms with Crippen LogP contribution in [-0.4, -0.2) is 56.9 Å². The van der Waals surface area contributed by atoms with E-state index in [2.05, 4.69) is 29.4 Å². The number of benzene rings is 2. The summed E-state index contributed by atoms with van der Waals surface area (Å²) in [5, 5.41) is 7.49. The fraction of sp³-hybridized carbons (Fsp3) is 0.409. The molecule has 0 aromatic heterocycles. The molecule has 5 nitrogen and oxygen atoms in total. The molecule has 1 radical (unpaired) electrons. The number of thioether (sulfide) groups is 1. The Morgan fingerprint density at radius 2 is 2.03 bits per heavy atom. The monoisotopic (exact) mass is 446 g/mol. The second kappa shape index (κ2) is 10.4. The average Bonchev–Trinajstić information content (AvgIpc) is 2.89. The number of aryl methyl sites for hydroxylation is 1. The van der Waals surface area contributed by atoms with Gasteiger partial charge in [-0.1, -0.05) is 12.1 Å². The van der Waals surface area contributed by atoms with Gasteiger partial charge in [0.2, 0.25) is 0 Å². The summed E-state index contributed by atoms with van der Waals surface area (Å²) in [6.07, 6.45) is 0.746. The van der Waals surface area contributed by atoms with E-state index < -0.39 is 9.04 Å². The molecule has 1 amide bonds. The molecule has 3 rings (SSSR count). The van der Waals surface area contributed by atoms with E-state index >= 15 is 0 Å². The molecule has 1 aliphatic heterocycles. The van der Waals surface area contributed by atoms with Gasteiger partial charge in [0.05, 0.1) is 5.37 Å². The van der Waals surface area contributed by atoms with Crippen molar-refractivity contribution in [3.05, 3.63) is 59.4 Å². The van der Waals surface area contributed by atoms with Gasteiger partial charge in [-0.25, -0.2) is 4.39 Å². The minimum absolute atomic E-state index is 0.134. The predicted molar refractivity (Wildman–Crippen MR) is 123 cm³/mol. The molecule has 1 aliphatic rings. The van der Waals surface area contributed by atoms with E-state index in [1.165, 1.54) is 0 Å². The van der Waals surface area contributed by atoms with E-state index in [1.807, 2.05) is 36.0 Å². The minimum Gasteiger partial charge on any atom is -0.536 e. The topological polar surface area (TPSA) is 53.6 Å². The summed E-state index contributed by atoms with van der Waals surface area (Å²) >= 11 is 1.86. The van der Waals surface area contributed by atoms with Crippen molar-refractivity contribution in [1.29, 1.82) is 0 Å². The Labute approximate surface area is 184 Å². The van der Waals surface area contributed by atoms with Gasteiger partial charge >= 0.3 is 9.04 Å². The van der Waals surface area contributed by atoms with Gasteiger partial charge in [-0.3, -0.25) is 9.69 Å². The lowest BCUT2D eigenvalue weighted by Gasteiger charge is -2.26. The fourth-order valence-electron chi connectivity index (χ4n) is 3.38. The largest absolute Gasteiger partial charge is 0.536 e. The second-order valence-corrected chi connectivity index (χ2v) is 10.9. The maximum Gasteiger partial charge on any atom is 0.331 e. The molecular weight excluding hydrogens is 417 g/mol. The first-order valence-electron chi connectivity index (χ1n) is 10.1. The van der Waals surface area contributed by atoms with Crippen LogP contribution in [0.15, 0.2) is 42.5 Å². The molecule has 2 atom stereocenters. The summed E-state index contributed by atoms with van der Waals surface area (Å²) < 4.78 is 20.7. The van der Waals surface area contributed by atoms with Gasteiger partial charge in [0, 0.05) is 37.2 Å². The molecule has 161 valence electrons. The number of carbonyl (C=O) groups excluding carboxylic acids is 1. The number of hydrogen-bond donors (Lipinski definition) is 2. The van der Waals surface area contributed by atoms with Crippen molar-refractivity contribution in [2.45, 2.75) is 32.2 Å². The Balaban J connectivity index is 1.82. The summed E-state index contributed by atoms with van der Waals surface area (Å²) in [6, 6.07) is 12.9. The second-order valence-electron chi connectivity index (χ2n) is 7.61. The van der Waals surface area contributed by atoms with Crippen LogP contribution in [0.2, 0.25) is 0 Å². The third-order valence-corrected chi connectivity index (χ3v) is 8.33. The van der Waals surface area contributed by atoms with Crippen molar-refractivity contribution in [2.24, 2.45) is 0 Å². The lowest BCUT2D eigenvalue weighted by molar-refractivity contribution is 0.0963. The Morgan fingerprint density at radius 3 is 2.70 bits per heavy atom. The Morgan fingerprint density at radius 1 is 1.30 bits per heavy atom. The normalized spacial score (nSPS) is 20.1. The van der Waals surface area contributed by atoms with Crippen molar-refractivity contribution < 1.29 is 13.6 Å². The number of amides is 1. The van der Waals surface area contributed by atoms with E-state index in [9.17, 15) is 9.18 Å². The molecular formula is C22H29FN3O2SSi. The number of carbonyl (C=O) groups is 1. The Bertz CT molecular complexity index is 868. The van der Waals surface area contributed by atoms with Crippen LogP contribution in [0.3, 0.4) is 0 Å². The molecule has 1 saturated heterocycles. The zero-order valence-electron chi connectivity index (χ0n) is 17.9. The minimum atomic E-state index is -1.56. The van der Waals surface area contributed by atoms with Gasteiger partial charge in [0.15, 0.2) is 0 Å². The number of rotatable bonds is 6. The van der Waals surface area contributed by atoms with E-state index in [1.54, 1.807) is 32.2 Å². The number of halogens is 1. The average molecular weight is 447 g/mol. The van der Waals surface area contributed by atoms with Crippen LogP contribution in [-0.2, 0) is 0 Å². The van der Waals surface area contributed by atoms with Crippen LogP contribution < -0.4 is 20.2 Å². The van der Waals surface area contributed by atoms with Crippen LogP contribution in [0.5, 0.6) is 5.75 Å². The lowest BCUT2D eigenvalue weighted by atomic mass is 10.2. The van der Waals surface area contributed by atoms with Crippen LogP contribution in [0.1, 0.15) is 29.8 Å².